The van der Waals surface area contributed by atoms with Crippen molar-refractivity contribution in [3.8, 4) is 0 Å². The normalized spacial score (nSPS) is 16.2. The Kier molecular flexibility index (Phi) is 5.27. The highest BCUT2D eigenvalue weighted by atomic mass is 19.1. The van der Waals surface area contributed by atoms with Crippen molar-refractivity contribution in [1.29, 1.82) is 0 Å². The van der Waals surface area contributed by atoms with Crippen LogP contribution in [0.2, 0.25) is 0 Å². The van der Waals surface area contributed by atoms with Crippen LogP contribution in [0.5, 0.6) is 0 Å². The summed E-state index contributed by atoms with van der Waals surface area (Å²) in [5.74, 6) is -1.11. The molecule has 0 aliphatic carbocycles. The SMILES string of the molecule is O=C(O)CCCN1CCN(Cc2cccc(F)c2)C(=O)C1. The third-order valence-electron chi connectivity index (χ3n) is 3.53. The summed E-state index contributed by atoms with van der Waals surface area (Å²) in [6.07, 6.45) is 0.671. The lowest BCUT2D eigenvalue weighted by Crippen LogP contribution is -2.50. The van der Waals surface area contributed by atoms with Crippen LogP contribution in [-0.2, 0) is 16.1 Å². The van der Waals surface area contributed by atoms with Gasteiger partial charge in [0.25, 0.3) is 0 Å². The average Bonchev–Trinajstić information content (AvgIpc) is 2.41. The molecule has 5 nitrogen and oxygen atoms in total. The van der Waals surface area contributed by atoms with Gasteiger partial charge < -0.3 is 10.0 Å². The van der Waals surface area contributed by atoms with Crippen molar-refractivity contribution >= 4 is 11.9 Å². The van der Waals surface area contributed by atoms with Gasteiger partial charge in [-0.25, -0.2) is 4.39 Å². The molecule has 0 bridgehead atoms. The molecule has 1 heterocycles. The second-order valence-electron chi connectivity index (χ2n) is 5.22. The van der Waals surface area contributed by atoms with Crippen molar-refractivity contribution in [2.45, 2.75) is 19.4 Å². The number of aliphatic carboxylic acids is 1. The summed E-state index contributed by atoms with van der Waals surface area (Å²) in [5.41, 5.74) is 0.780. The van der Waals surface area contributed by atoms with E-state index >= 15 is 0 Å². The van der Waals surface area contributed by atoms with Gasteiger partial charge in [-0.3, -0.25) is 14.5 Å². The van der Waals surface area contributed by atoms with E-state index < -0.39 is 5.97 Å². The molecule has 1 saturated heterocycles. The standard InChI is InChI=1S/C15H19FN2O3/c16-13-4-1-3-12(9-13)10-18-8-7-17(11-14(18)19)6-2-5-15(20)21/h1,3-4,9H,2,5-8,10-11H2,(H,20,21). The number of rotatable bonds is 6. The van der Waals surface area contributed by atoms with Crippen LogP contribution < -0.4 is 0 Å². The van der Waals surface area contributed by atoms with Gasteiger partial charge in [-0.05, 0) is 30.7 Å². The Hall–Kier alpha value is -1.95. The van der Waals surface area contributed by atoms with Crippen LogP contribution in [0.15, 0.2) is 24.3 Å². The minimum absolute atomic E-state index is 0.000774. The number of carboxylic acids is 1. The van der Waals surface area contributed by atoms with Gasteiger partial charge >= 0.3 is 5.97 Å². The number of benzene rings is 1. The fourth-order valence-corrected chi connectivity index (χ4v) is 2.42. The van der Waals surface area contributed by atoms with E-state index in [0.717, 1.165) is 12.1 Å². The lowest BCUT2D eigenvalue weighted by molar-refractivity contribution is -0.137. The lowest BCUT2D eigenvalue weighted by Gasteiger charge is -2.34. The number of carboxylic acid groups (broad SMARTS) is 1. The highest BCUT2D eigenvalue weighted by molar-refractivity contribution is 5.79. The Morgan fingerprint density at radius 3 is 2.81 bits per heavy atom. The van der Waals surface area contributed by atoms with Crippen molar-refractivity contribution in [2.24, 2.45) is 0 Å². The van der Waals surface area contributed by atoms with Crippen molar-refractivity contribution in [2.75, 3.05) is 26.2 Å². The summed E-state index contributed by atoms with van der Waals surface area (Å²) in [7, 11) is 0. The summed E-state index contributed by atoms with van der Waals surface area (Å²) >= 11 is 0. The van der Waals surface area contributed by atoms with E-state index in [1.54, 1.807) is 17.0 Å². The number of hydrogen-bond acceptors (Lipinski definition) is 3. The molecular weight excluding hydrogens is 275 g/mol. The molecule has 0 unspecified atom stereocenters. The molecule has 0 spiro atoms. The van der Waals surface area contributed by atoms with Gasteiger partial charge in [0.2, 0.25) is 5.91 Å². The molecular formula is C15H19FN2O3. The van der Waals surface area contributed by atoms with Crippen molar-refractivity contribution < 1.29 is 19.1 Å². The Morgan fingerprint density at radius 1 is 1.33 bits per heavy atom. The molecule has 1 aliphatic rings. The van der Waals surface area contributed by atoms with Crippen LogP contribution in [0.1, 0.15) is 18.4 Å². The van der Waals surface area contributed by atoms with Crippen LogP contribution in [0.25, 0.3) is 0 Å². The third kappa shape index (κ3) is 4.82. The minimum Gasteiger partial charge on any atom is -0.481 e. The number of amides is 1. The topological polar surface area (TPSA) is 60.9 Å². The number of halogens is 1. The molecule has 0 atom stereocenters. The average molecular weight is 294 g/mol. The summed E-state index contributed by atoms with van der Waals surface area (Å²) in [5, 5.41) is 8.60. The summed E-state index contributed by atoms with van der Waals surface area (Å²) in [6, 6.07) is 6.26. The van der Waals surface area contributed by atoms with Crippen LogP contribution in [0.4, 0.5) is 4.39 Å². The fourth-order valence-electron chi connectivity index (χ4n) is 2.42. The molecule has 1 aromatic rings. The number of nitrogens with zero attached hydrogens (tertiary/aromatic N) is 2. The second-order valence-corrected chi connectivity index (χ2v) is 5.22. The predicted octanol–water partition coefficient (Wildman–Crippen LogP) is 1.33. The first-order chi connectivity index (χ1) is 10.0. The smallest absolute Gasteiger partial charge is 0.303 e. The second kappa shape index (κ2) is 7.17. The van der Waals surface area contributed by atoms with E-state index in [2.05, 4.69) is 0 Å². The van der Waals surface area contributed by atoms with Crippen LogP contribution in [0.3, 0.4) is 0 Å². The molecule has 1 fully saturated rings. The zero-order chi connectivity index (χ0) is 15.2. The first-order valence-electron chi connectivity index (χ1n) is 7.01. The molecule has 0 radical (unpaired) electrons. The highest BCUT2D eigenvalue weighted by Crippen LogP contribution is 2.11. The van der Waals surface area contributed by atoms with Crippen molar-refractivity contribution in [3.05, 3.63) is 35.6 Å². The van der Waals surface area contributed by atoms with Crippen LogP contribution in [0, 0.1) is 5.82 Å². The molecule has 6 heteroatoms. The molecule has 2 rings (SSSR count). The number of hydrogen-bond donors (Lipinski definition) is 1. The van der Waals surface area contributed by atoms with Crippen molar-refractivity contribution in [3.63, 3.8) is 0 Å². The first-order valence-corrected chi connectivity index (χ1v) is 7.01. The molecule has 1 N–H and O–H groups in total. The zero-order valence-electron chi connectivity index (χ0n) is 11.8. The molecule has 21 heavy (non-hydrogen) atoms. The Labute approximate surface area is 123 Å². The maximum absolute atomic E-state index is 13.1. The fraction of sp³-hybridized carbons (Fsp3) is 0.467. The van der Waals surface area contributed by atoms with Gasteiger partial charge in [0, 0.05) is 26.1 Å². The molecule has 1 amide bonds. The van der Waals surface area contributed by atoms with Gasteiger partial charge in [-0.15, -0.1) is 0 Å². The van der Waals surface area contributed by atoms with E-state index in [-0.39, 0.29) is 18.1 Å². The van der Waals surface area contributed by atoms with E-state index in [0.29, 0.717) is 32.6 Å². The number of piperazine rings is 1. The molecule has 1 aromatic carbocycles. The monoisotopic (exact) mass is 294 g/mol. The summed E-state index contributed by atoms with van der Waals surface area (Å²) in [6.45, 7) is 2.64. The van der Waals surface area contributed by atoms with Gasteiger partial charge in [0.1, 0.15) is 5.82 Å². The highest BCUT2D eigenvalue weighted by Gasteiger charge is 2.23. The van der Waals surface area contributed by atoms with Gasteiger partial charge in [-0.2, -0.15) is 0 Å². The van der Waals surface area contributed by atoms with E-state index in [1.807, 2.05) is 4.90 Å². The molecule has 0 aromatic heterocycles. The Morgan fingerprint density at radius 2 is 2.14 bits per heavy atom. The van der Waals surface area contributed by atoms with Crippen LogP contribution in [-0.4, -0.2) is 53.0 Å². The van der Waals surface area contributed by atoms with E-state index in [4.69, 9.17) is 5.11 Å². The largest absolute Gasteiger partial charge is 0.481 e. The molecule has 1 aliphatic heterocycles. The molecule has 0 saturated carbocycles. The van der Waals surface area contributed by atoms with Gasteiger partial charge in [0.15, 0.2) is 0 Å². The lowest BCUT2D eigenvalue weighted by atomic mass is 10.2. The summed E-state index contributed by atoms with van der Waals surface area (Å²) in [4.78, 5) is 26.2. The Balaban J connectivity index is 1.81. The third-order valence-corrected chi connectivity index (χ3v) is 3.53. The van der Waals surface area contributed by atoms with Crippen LogP contribution >= 0.6 is 0 Å². The van der Waals surface area contributed by atoms with Crippen molar-refractivity contribution in [1.82, 2.24) is 9.80 Å². The van der Waals surface area contributed by atoms with E-state index in [1.165, 1.54) is 12.1 Å². The summed E-state index contributed by atoms with van der Waals surface area (Å²) < 4.78 is 13.1. The first kappa shape index (κ1) is 15.4. The predicted molar refractivity (Wildman–Crippen MR) is 75.1 cm³/mol. The maximum atomic E-state index is 13.1. The number of carbonyl (C=O) groups is 2. The quantitative estimate of drug-likeness (QED) is 0.860. The zero-order valence-corrected chi connectivity index (χ0v) is 11.8. The van der Waals surface area contributed by atoms with Gasteiger partial charge in [0.05, 0.1) is 6.54 Å². The molecule has 114 valence electrons. The maximum Gasteiger partial charge on any atom is 0.303 e. The van der Waals surface area contributed by atoms with E-state index in [9.17, 15) is 14.0 Å². The minimum atomic E-state index is -0.814. The Bertz CT molecular complexity index is 521. The van der Waals surface area contributed by atoms with Gasteiger partial charge in [-0.1, -0.05) is 12.1 Å². The number of carbonyl (C=O) groups excluding carboxylic acids is 1.